The number of hydrogen-bond donors (Lipinski definition) is 2. The highest BCUT2D eigenvalue weighted by Crippen LogP contribution is 2.34. The number of rotatable bonds is 4. The van der Waals surface area contributed by atoms with E-state index in [9.17, 15) is 18.0 Å². The molecule has 2 N–H and O–H groups in total. The van der Waals surface area contributed by atoms with Crippen molar-refractivity contribution >= 4 is 17.3 Å². The second-order valence-electron chi connectivity index (χ2n) is 5.19. The van der Waals surface area contributed by atoms with E-state index in [4.69, 9.17) is 0 Å². The summed E-state index contributed by atoms with van der Waals surface area (Å²) in [6.07, 6.45) is -4.51. The number of amides is 1. The molecule has 0 atom stereocenters. The molecule has 0 radical (unpaired) electrons. The lowest BCUT2D eigenvalue weighted by Crippen LogP contribution is -2.23. The van der Waals surface area contributed by atoms with Crippen LogP contribution in [0.25, 0.3) is 0 Å². The number of benzene rings is 2. The predicted octanol–water partition coefficient (Wildman–Crippen LogP) is 4.37. The molecule has 0 saturated heterocycles. The van der Waals surface area contributed by atoms with Crippen LogP contribution in [0.1, 0.15) is 16.7 Å². The van der Waals surface area contributed by atoms with Gasteiger partial charge in [-0.1, -0.05) is 24.3 Å². The number of halogens is 3. The summed E-state index contributed by atoms with van der Waals surface area (Å²) in [7, 11) is 0. The van der Waals surface area contributed by atoms with E-state index in [2.05, 4.69) is 10.6 Å². The summed E-state index contributed by atoms with van der Waals surface area (Å²) < 4.78 is 38.6. The smallest absolute Gasteiger partial charge is 0.376 e. The van der Waals surface area contributed by atoms with Gasteiger partial charge in [-0.3, -0.25) is 4.79 Å². The molecule has 0 unspecified atom stereocenters. The zero-order valence-corrected chi connectivity index (χ0v) is 12.8. The summed E-state index contributed by atoms with van der Waals surface area (Å²) in [6, 6.07) is 10.5. The van der Waals surface area contributed by atoms with Gasteiger partial charge in [0, 0.05) is 5.69 Å². The van der Waals surface area contributed by atoms with E-state index in [0.29, 0.717) is 0 Å². The van der Waals surface area contributed by atoms with Crippen molar-refractivity contribution in [1.82, 2.24) is 0 Å². The highest BCUT2D eigenvalue weighted by atomic mass is 19.4. The zero-order chi connectivity index (χ0) is 17.0. The fraction of sp³-hybridized carbons (Fsp3) is 0.235. The van der Waals surface area contributed by atoms with Crippen LogP contribution in [-0.4, -0.2) is 12.5 Å². The maximum absolute atomic E-state index is 12.9. The number of alkyl halides is 3. The van der Waals surface area contributed by atoms with Gasteiger partial charge >= 0.3 is 6.18 Å². The van der Waals surface area contributed by atoms with Gasteiger partial charge in [0.15, 0.2) is 0 Å². The first kappa shape index (κ1) is 16.9. The minimum atomic E-state index is -4.51. The fourth-order valence-electron chi connectivity index (χ4n) is 2.15. The molecule has 0 aliphatic heterocycles. The predicted molar refractivity (Wildman–Crippen MR) is 84.5 cm³/mol. The Kier molecular flexibility index (Phi) is 4.93. The van der Waals surface area contributed by atoms with Gasteiger partial charge in [0.25, 0.3) is 0 Å². The van der Waals surface area contributed by atoms with Gasteiger partial charge in [-0.05, 0) is 43.2 Å². The number of anilines is 2. The molecule has 3 nitrogen and oxygen atoms in total. The molecular formula is C17H17F3N2O. The van der Waals surface area contributed by atoms with Crippen LogP contribution in [-0.2, 0) is 11.0 Å². The number of nitrogens with one attached hydrogen (secondary N) is 2. The van der Waals surface area contributed by atoms with E-state index in [1.165, 1.54) is 18.2 Å². The summed E-state index contributed by atoms with van der Waals surface area (Å²) >= 11 is 0. The van der Waals surface area contributed by atoms with Gasteiger partial charge in [-0.15, -0.1) is 0 Å². The largest absolute Gasteiger partial charge is 0.418 e. The number of hydrogen-bond acceptors (Lipinski definition) is 2. The molecule has 23 heavy (non-hydrogen) atoms. The van der Waals surface area contributed by atoms with Gasteiger partial charge in [0.05, 0.1) is 17.8 Å². The van der Waals surface area contributed by atoms with E-state index >= 15 is 0 Å². The lowest BCUT2D eigenvalue weighted by Gasteiger charge is -2.15. The van der Waals surface area contributed by atoms with Crippen LogP contribution in [0.2, 0.25) is 0 Å². The quantitative estimate of drug-likeness (QED) is 0.877. The van der Waals surface area contributed by atoms with Crippen LogP contribution in [0.5, 0.6) is 0 Å². The van der Waals surface area contributed by atoms with Gasteiger partial charge < -0.3 is 10.6 Å². The van der Waals surface area contributed by atoms with Crippen molar-refractivity contribution in [1.29, 1.82) is 0 Å². The summed E-state index contributed by atoms with van der Waals surface area (Å²) in [6.45, 7) is 3.74. The Bertz CT molecular complexity index is 711. The van der Waals surface area contributed by atoms with E-state index in [0.717, 1.165) is 22.9 Å². The highest BCUT2D eigenvalue weighted by Gasteiger charge is 2.33. The summed E-state index contributed by atoms with van der Waals surface area (Å²) in [4.78, 5) is 11.9. The van der Waals surface area contributed by atoms with Crippen LogP contribution >= 0.6 is 0 Å². The Morgan fingerprint density at radius 1 is 1.00 bits per heavy atom. The third-order valence-electron chi connectivity index (χ3n) is 3.55. The van der Waals surface area contributed by atoms with Gasteiger partial charge in [0.2, 0.25) is 5.91 Å². The number of carbonyl (C=O) groups excluding carboxylic acids is 1. The zero-order valence-electron chi connectivity index (χ0n) is 12.8. The molecule has 6 heteroatoms. The Hall–Kier alpha value is -2.50. The Morgan fingerprint density at radius 3 is 2.35 bits per heavy atom. The molecule has 0 fully saturated rings. The standard InChI is InChI=1S/C17H17F3N2O/c1-11-6-5-9-14(12(11)2)21-10-16(23)22-15-8-4-3-7-13(15)17(18,19)20/h3-9,21H,10H2,1-2H3,(H,22,23). The molecule has 0 heterocycles. The van der Waals surface area contributed by atoms with Crippen molar-refractivity contribution in [3.8, 4) is 0 Å². The maximum Gasteiger partial charge on any atom is 0.418 e. The van der Waals surface area contributed by atoms with Crippen LogP contribution in [0.3, 0.4) is 0 Å². The Balaban J connectivity index is 2.05. The SMILES string of the molecule is Cc1cccc(NCC(=O)Nc2ccccc2C(F)(F)F)c1C. The molecule has 1 amide bonds. The fourth-order valence-corrected chi connectivity index (χ4v) is 2.15. The van der Waals surface area contributed by atoms with Crippen molar-refractivity contribution in [3.63, 3.8) is 0 Å². The second-order valence-corrected chi connectivity index (χ2v) is 5.19. The van der Waals surface area contributed by atoms with Gasteiger partial charge in [-0.25, -0.2) is 0 Å². The lowest BCUT2D eigenvalue weighted by molar-refractivity contribution is -0.137. The molecule has 0 saturated carbocycles. The van der Waals surface area contributed by atoms with Crippen molar-refractivity contribution in [2.24, 2.45) is 0 Å². The molecule has 2 rings (SSSR count). The van der Waals surface area contributed by atoms with E-state index in [1.54, 1.807) is 0 Å². The average molecular weight is 322 g/mol. The third-order valence-corrected chi connectivity index (χ3v) is 3.55. The summed E-state index contributed by atoms with van der Waals surface area (Å²) in [5.41, 5.74) is 1.74. The second kappa shape index (κ2) is 6.73. The summed E-state index contributed by atoms with van der Waals surface area (Å²) in [5, 5.41) is 5.24. The topological polar surface area (TPSA) is 41.1 Å². The highest BCUT2D eigenvalue weighted by molar-refractivity contribution is 5.94. The van der Waals surface area contributed by atoms with Gasteiger partial charge in [0.1, 0.15) is 0 Å². The van der Waals surface area contributed by atoms with Crippen LogP contribution < -0.4 is 10.6 Å². The van der Waals surface area contributed by atoms with E-state index < -0.39 is 17.6 Å². The lowest BCUT2D eigenvalue weighted by atomic mass is 10.1. The van der Waals surface area contributed by atoms with Crippen LogP contribution in [0.4, 0.5) is 24.5 Å². The van der Waals surface area contributed by atoms with Crippen LogP contribution in [0, 0.1) is 13.8 Å². The molecule has 0 aliphatic carbocycles. The molecule has 0 spiro atoms. The maximum atomic E-state index is 12.9. The average Bonchev–Trinajstić information content (AvgIpc) is 2.48. The normalized spacial score (nSPS) is 11.2. The minimum Gasteiger partial charge on any atom is -0.376 e. The molecule has 0 aliphatic rings. The molecule has 0 bridgehead atoms. The molecular weight excluding hydrogens is 305 g/mol. The van der Waals surface area contributed by atoms with Crippen molar-refractivity contribution < 1.29 is 18.0 Å². The minimum absolute atomic E-state index is 0.115. The molecule has 122 valence electrons. The number of aryl methyl sites for hydroxylation is 1. The first-order chi connectivity index (χ1) is 10.8. The Morgan fingerprint density at radius 2 is 1.65 bits per heavy atom. The Labute approximate surface area is 132 Å². The molecule has 2 aromatic carbocycles. The van der Waals surface area contributed by atoms with Gasteiger partial charge in [-0.2, -0.15) is 13.2 Å². The number of carbonyl (C=O) groups is 1. The first-order valence-electron chi connectivity index (χ1n) is 7.05. The third kappa shape index (κ3) is 4.25. The van der Waals surface area contributed by atoms with E-state index in [1.807, 2.05) is 32.0 Å². The summed E-state index contributed by atoms with van der Waals surface area (Å²) in [5.74, 6) is -0.539. The first-order valence-corrected chi connectivity index (χ1v) is 7.05. The molecule has 0 aromatic heterocycles. The van der Waals surface area contributed by atoms with Crippen molar-refractivity contribution in [3.05, 3.63) is 59.2 Å². The van der Waals surface area contributed by atoms with Crippen molar-refractivity contribution in [2.75, 3.05) is 17.2 Å². The number of para-hydroxylation sites is 1. The van der Waals surface area contributed by atoms with Crippen molar-refractivity contribution in [2.45, 2.75) is 20.0 Å². The van der Waals surface area contributed by atoms with E-state index in [-0.39, 0.29) is 12.2 Å². The monoisotopic (exact) mass is 322 g/mol. The van der Waals surface area contributed by atoms with Crippen LogP contribution in [0.15, 0.2) is 42.5 Å². The molecule has 2 aromatic rings.